The van der Waals surface area contributed by atoms with Crippen molar-refractivity contribution in [1.82, 2.24) is 10.1 Å². The Kier molecular flexibility index (Phi) is 4.78. The average Bonchev–Trinajstić information content (AvgIpc) is 2.71. The van der Waals surface area contributed by atoms with Crippen LogP contribution in [0.15, 0.2) is 10.6 Å². The molecule has 1 rings (SSSR count). The van der Waals surface area contributed by atoms with Gasteiger partial charge in [0.25, 0.3) is 0 Å². The van der Waals surface area contributed by atoms with Gasteiger partial charge in [-0.05, 0) is 34.6 Å². The van der Waals surface area contributed by atoms with E-state index in [1.54, 1.807) is 47.7 Å². The first-order valence-corrected chi connectivity index (χ1v) is 6.73. The van der Waals surface area contributed by atoms with Crippen molar-refractivity contribution in [2.45, 2.75) is 40.2 Å². The van der Waals surface area contributed by atoms with Gasteiger partial charge in [-0.1, -0.05) is 5.16 Å². The van der Waals surface area contributed by atoms with E-state index in [0.29, 0.717) is 11.6 Å². The van der Waals surface area contributed by atoms with Crippen LogP contribution in [0.3, 0.4) is 0 Å². The molecule has 0 fully saturated rings. The van der Waals surface area contributed by atoms with E-state index >= 15 is 0 Å². The van der Waals surface area contributed by atoms with Crippen LogP contribution in [0.1, 0.15) is 33.5 Å². The zero-order chi connectivity index (χ0) is 16.4. The maximum atomic E-state index is 12.4. The summed E-state index contributed by atoms with van der Waals surface area (Å²) in [6.45, 7) is 8.76. The smallest absolute Gasteiger partial charge is 0.245 e. The molecular formula is C14H24N4O3. The van der Waals surface area contributed by atoms with Crippen molar-refractivity contribution in [3.8, 4) is 0 Å². The molecule has 118 valence electrons. The number of rotatable bonds is 5. The summed E-state index contributed by atoms with van der Waals surface area (Å²) in [7, 11) is 1.57. The number of aromatic nitrogens is 1. The summed E-state index contributed by atoms with van der Waals surface area (Å²) < 4.78 is 4.85. The van der Waals surface area contributed by atoms with E-state index in [2.05, 4.69) is 10.5 Å². The number of amides is 2. The summed E-state index contributed by atoms with van der Waals surface area (Å²) in [6, 6.07) is 1.60. The highest BCUT2D eigenvalue weighted by molar-refractivity contribution is 5.94. The number of hydrogen-bond donors (Lipinski definition) is 2. The van der Waals surface area contributed by atoms with Crippen molar-refractivity contribution in [1.29, 1.82) is 0 Å². The molecule has 1 heterocycles. The minimum absolute atomic E-state index is 0.0791. The Morgan fingerprint density at radius 1 is 1.38 bits per heavy atom. The van der Waals surface area contributed by atoms with Crippen molar-refractivity contribution >= 4 is 17.6 Å². The number of nitrogens with two attached hydrogens (primary N) is 1. The molecule has 0 atom stereocenters. The van der Waals surface area contributed by atoms with Crippen LogP contribution in [0.2, 0.25) is 0 Å². The zero-order valence-electron chi connectivity index (χ0n) is 13.5. The molecule has 0 spiro atoms. The van der Waals surface area contributed by atoms with Gasteiger partial charge in [0.15, 0.2) is 5.82 Å². The molecule has 0 aliphatic rings. The van der Waals surface area contributed by atoms with Crippen LogP contribution in [-0.2, 0) is 9.59 Å². The Morgan fingerprint density at radius 2 is 1.95 bits per heavy atom. The van der Waals surface area contributed by atoms with Crippen molar-refractivity contribution in [3.63, 3.8) is 0 Å². The molecule has 0 bridgehead atoms. The highest BCUT2D eigenvalue weighted by Gasteiger charge is 2.42. The molecule has 3 N–H and O–H groups in total. The monoisotopic (exact) mass is 296 g/mol. The Morgan fingerprint density at radius 3 is 2.38 bits per heavy atom. The number of nitrogens with zero attached hydrogens (tertiary/aromatic N) is 2. The lowest BCUT2D eigenvalue weighted by atomic mass is 9.74. The fourth-order valence-corrected chi connectivity index (χ4v) is 1.65. The number of nitrogens with one attached hydrogen (secondary N) is 1. The first kappa shape index (κ1) is 17.2. The molecule has 7 nitrogen and oxygen atoms in total. The van der Waals surface area contributed by atoms with Crippen LogP contribution < -0.4 is 11.1 Å². The van der Waals surface area contributed by atoms with Gasteiger partial charge >= 0.3 is 0 Å². The lowest BCUT2D eigenvalue weighted by Crippen LogP contribution is -2.56. The fraction of sp³-hybridized carbons (Fsp3) is 0.643. The third kappa shape index (κ3) is 4.04. The summed E-state index contributed by atoms with van der Waals surface area (Å²) in [6.07, 6.45) is 0. The quantitative estimate of drug-likeness (QED) is 0.848. The van der Waals surface area contributed by atoms with E-state index in [9.17, 15) is 9.59 Å². The molecule has 1 aromatic rings. The third-order valence-corrected chi connectivity index (χ3v) is 3.77. The first-order valence-electron chi connectivity index (χ1n) is 6.73. The molecule has 0 unspecified atom stereocenters. The van der Waals surface area contributed by atoms with E-state index < -0.39 is 11.0 Å². The van der Waals surface area contributed by atoms with Gasteiger partial charge in [0.05, 0.1) is 12.0 Å². The van der Waals surface area contributed by atoms with Crippen molar-refractivity contribution < 1.29 is 14.1 Å². The molecular weight excluding hydrogens is 272 g/mol. The molecule has 2 amide bonds. The highest BCUT2D eigenvalue weighted by Crippen LogP contribution is 2.30. The third-order valence-electron chi connectivity index (χ3n) is 3.77. The molecule has 0 radical (unpaired) electrons. The summed E-state index contributed by atoms with van der Waals surface area (Å²) in [5.41, 5.74) is 4.56. The van der Waals surface area contributed by atoms with Crippen LogP contribution in [0.5, 0.6) is 0 Å². The summed E-state index contributed by atoms with van der Waals surface area (Å²) >= 11 is 0. The summed E-state index contributed by atoms with van der Waals surface area (Å²) in [5.74, 6) is 0.392. The first-order chi connectivity index (χ1) is 9.45. The lowest BCUT2D eigenvalue weighted by Gasteiger charge is -2.39. The molecule has 0 aromatic carbocycles. The van der Waals surface area contributed by atoms with E-state index in [4.69, 9.17) is 10.3 Å². The normalized spacial score (nSPS) is 12.1. The average molecular weight is 296 g/mol. The molecule has 21 heavy (non-hydrogen) atoms. The molecule has 7 heteroatoms. The molecule has 0 aliphatic carbocycles. The van der Waals surface area contributed by atoms with E-state index in [0.717, 1.165) is 0 Å². The minimum atomic E-state index is -0.785. The van der Waals surface area contributed by atoms with Gasteiger partial charge in [-0.3, -0.25) is 9.59 Å². The van der Waals surface area contributed by atoms with Crippen LogP contribution >= 0.6 is 0 Å². The maximum Gasteiger partial charge on any atom is 0.245 e. The van der Waals surface area contributed by atoms with Gasteiger partial charge in [0.1, 0.15) is 5.76 Å². The Bertz CT molecular complexity index is 529. The summed E-state index contributed by atoms with van der Waals surface area (Å²) in [4.78, 5) is 25.7. The van der Waals surface area contributed by atoms with Crippen LogP contribution in [0.25, 0.3) is 0 Å². The van der Waals surface area contributed by atoms with E-state index in [-0.39, 0.29) is 18.4 Å². The lowest BCUT2D eigenvalue weighted by molar-refractivity contribution is -0.144. The topological polar surface area (TPSA) is 101 Å². The number of carbonyl (C=O) groups is 2. The van der Waals surface area contributed by atoms with Crippen molar-refractivity contribution in [3.05, 3.63) is 11.8 Å². The van der Waals surface area contributed by atoms with Crippen molar-refractivity contribution in [2.24, 2.45) is 11.1 Å². The predicted molar refractivity (Wildman–Crippen MR) is 79.6 cm³/mol. The number of anilines is 1. The predicted octanol–water partition coefficient (Wildman–Crippen LogP) is 1.14. The fourth-order valence-electron chi connectivity index (χ4n) is 1.65. The molecule has 0 saturated carbocycles. The van der Waals surface area contributed by atoms with Gasteiger partial charge < -0.3 is 20.5 Å². The van der Waals surface area contributed by atoms with E-state index in [1.165, 1.54) is 4.90 Å². The van der Waals surface area contributed by atoms with Gasteiger partial charge in [0, 0.05) is 18.7 Å². The highest BCUT2D eigenvalue weighted by atomic mass is 16.5. The Hall–Kier alpha value is -1.89. The zero-order valence-corrected chi connectivity index (χ0v) is 13.5. The Labute approximate surface area is 124 Å². The second-order valence-electron chi connectivity index (χ2n) is 6.38. The number of carbonyl (C=O) groups excluding carboxylic acids is 2. The van der Waals surface area contributed by atoms with Crippen molar-refractivity contribution in [2.75, 3.05) is 18.9 Å². The number of likely N-dealkylation sites (N-methyl/N-ethyl adjacent to an activating group) is 1. The largest absolute Gasteiger partial charge is 0.360 e. The number of hydrogen-bond acceptors (Lipinski definition) is 5. The minimum Gasteiger partial charge on any atom is -0.360 e. The second kappa shape index (κ2) is 5.85. The van der Waals surface area contributed by atoms with Gasteiger partial charge in [-0.25, -0.2) is 0 Å². The van der Waals surface area contributed by atoms with E-state index in [1.807, 2.05) is 0 Å². The molecule has 0 aliphatic heterocycles. The van der Waals surface area contributed by atoms with Crippen LogP contribution in [-0.4, -0.2) is 41.0 Å². The van der Waals surface area contributed by atoms with Gasteiger partial charge in [-0.2, -0.15) is 0 Å². The SMILES string of the molecule is Cc1cc(NC(=O)CN(C)C(=O)C(C)(C)C(C)(C)N)no1. The molecule has 0 saturated heterocycles. The maximum absolute atomic E-state index is 12.4. The van der Waals surface area contributed by atoms with Crippen LogP contribution in [0.4, 0.5) is 5.82 Å². The van der Waals surface area contributed by atoms with Gasteiger partial charge in [0.2, 0.25) is 11.8 Å². The second-order valence-corrected chi connectivity index (χ2v) is 6.38. The number of aryl methyl sites for hydroxylation is 1. The Balaban J connectivity index is 2.66. The van der Waals surface area contributed by atoms with Crippen LogP contribution in [0, 0.1) is 12.3 Å². The summed E-state index contributed by atoms with van der Waals surface area (Å²) in [5, 5.41) is 6.24. The molecule has 1 aromatic heterocycles. The standard InChI is InChI=1S/C14H24N4O3/c1-9-7-10(17-21-9)16-11(19)8-18(6)12(20)13(2,3)14(4,5)15/h7H,8,15H2,1-6H3,(H,16,17,19). The van der Waals surface area contributed by atoms with Gasteiger partial charge in [-0.15, -0.1) is 0 Å².